The van der Waals surface area contributed by atoms with Crippen LogP contribution in [-0.4, -0.2) is 21.5 Å². The summed E-state index contributed by atoms with van der Waals surface area (Å²) in [6, 6.07) is 1.19. The number of rotatable bonds is 3. The van der Waals surface area contributed by atoms with E-state index in [-0.39, 0.29) is 9.77 Å². The lowest BCUT2D eigenvalue weighted by Crippen LogP contribution is -2.30. The average molecular weight is 315 g/mol. The van der Waals surface area contributed by atoms with E-state index in [0.717, 1.165) is 11.3 Å². The van der Waals surface area contributed by atoms with Crippen molar-refractivity contribution < 1.29 is 17.9 Å². The third-order valence-electron chi connectivity index (χ3n) is 1.49. The third-order valence-corrected chi connectivity index (χ3v) is 4.91. The van der Waals surface area contributed by atoms with Gasteiger partial charge in [0.15, 0.2) is 0 Å². The number of halogens is 1. The Labute approximate surface area is 98.6 Å². The first-order chi connectivity index (χ1) is 6.92. The highest BCUT2D eigenvalue weighted by Crippen LogP contribution is 2.31. The molecular weight excluding hydrogens is 308 g/mol. The molecule has 84 valence electrons. The van der Waals surface area contributed by atoms with E-state index >= 15 is 0 Å². The number of hydrogen-bond acceptors (Lipinski definition) is 6. The number of methoxy groups -OCH3 is 1. The van der Waals surface area contributed by atoms with Crippen LogP contribution in [0.2, 0.25) is 0 Å². The molecule has 15 heavy (non-hydrogen) atoms. The van der Waals surface area contributed by atoms with Gasteiger partial charge >= 0.3 is 5.97 Å². The summed E-state index contributed by atoms with van der Waals surface area (Å²) in [5, 5.41) is 0. The molecule has 0 saturated carbocycles. The quantitative estimate of drug-likeness (QED) is 0.479. The molecule has 0 aliphatic heterocycles. The number of ether oxygens (including phenoxy) is 1. The van der Waals surface area contributed by atoms with Crippen LogP contribution in [0.3, 0.4) is 0 Å². The molecule has 0 unspecified atom stereocenters. The molecule has 0 bridgehead atoms. The second kappa shape index (κ2) is 4.58. The van der Waals surface area contributed by atoms with Gasteiger partial charge < -0.3 is 4.74 Å². The van der Waals surface area contributed by atoms with Gasteiger partial charge in [-0.1, -0.05) is 0 Å². The standard InChI is InChI=1S/C6H7BrN2O4S2/c1-13-6(10)3-2-4(5(7)14-3)15(11,12)9-8/h2,9H,8H2,1H3. The molecule has 6 nitrogen and oxygen atoms in total. The van der Waals surface area contributed by atoms with Gasteiger partial charge in [-0.05, 0) is 22.0 Å². The highest BCUT2D eigenvalue weighted by Gasteiger charge is 2.22. The van der Waals surface area contributed by atoms with Gasteiger partial charge in [-0.25, -0.2) is 13.2 Å². The number of esters is 1. The molecule has 0 saturated heterocycles. The zero-order chi connectivity index (χ0) is 11.6. The Morgan fingerprint density at radius 2 is 2.27 bits per heavy atom. The number of nitrogens with one attached hydrogen (secondary N) is 1. The van der Waals surface area contributed by atoms with Gasteiger partial charge in [0.1, 0.15) is 9.77 Å². The zero-order valence-electron chi connectivity index (χ0n) is 7.48. The molecular formula is C6H7BrN2O4S2. The highest BCUT2D eigenvalue weighted by molar-refractivity contribution is 9.11. The maximum Gasteiger partial charge on any atom is 0.348 e. The van der Waals surface area contributed by atoms with Crippen molar-refractivity contribution in [2.75, 3.05) is 7.11 Å². The molecule has 9 heteroatoms. The first kappa shape index (κ1) is 12.6. The van der Waals surface area contributed by atoms with Crippen LogP contribution in [-0.2, 0) is 14.8 Å². The molecule has 0 amide bonds. The fraction of sp³-hybridized carbons (Fsp3) is 0.167. The van der Waals surface area contributed by atoms with Gasteiger partial charge in [0.25, 0.3) is 10.0 Å². The molecule has 0 radical (unpaired) electrons. The molecule has 0 fully saturated rings. The van der Waals surface area contributed by atoms with Crippen LogP contribution in [0, 0.1) is 0 Å². The minimum atomic E-state index is -3.77. The number of thiophene rings is 1. The van der Waals surface area contributed by atoms with Gasteiger partial charge in [-0.2, -0.15) is 0 Å². The Morgan fingerprint density at radius 1 is 1.67 bits per heavy atom. The zero-order valence-corrected chi connectivity index (χ0v) is 10.7. The summed E-state index contributed by atoms with van der Waals surface area (Å²) >= 11 is 3.98. The van der Waals surface area contributed by atoms with Crippen LogP contribution in [0.4, 0.5) is 0 Å². The van der Waals surface area contributed by atoms with Crippen LogP contribution in [0.5, 0.6) is 0 Å². The number of carbonyl (C=O) groups is 1. The molecule has 0 aromatic carbocycles. The van der Waals surface area contributed by atoms with Gasteiger partial charge in [0.05, 0.1) is 10.9 Å². The van der Waals surface area contributed by atoms with Gasteiger partial charge in [-0.15, -0.1) is 16.2 Å². The van der Waals surface area contributed by atoms with E-state index in [4.69, 9.17) is 5.84 Å². The SMILES string of the molecule is COC(=O)c1cc(S(=O)(=O)NN)c(Br)s1. The predicted molar refractivity (Wildman–Crippen MR) is 57.9 cm³/mol. The Kier molecular flexibility index (Phi) is 3.84. The van der Waals surface area contributed by atoms with Crippen molar-refractivity contribution in [3.8, 4) is 0 Å². The molecule has 0 aliphatic rings. The first-order valence-electron chi connectivity index (χ1n) is 3.52. The lowest BCUT2D eigenvalue weighted by atomic mass is 10.5. The van der Waals surface area contributed by atoms with E-state index in [1.54, 1.807) is 4.83 Å². The van der Waals surface area contributed by atoms with E-state index in [9.17, 15) is 13.2 Å². The smallest absolute Gasteiger partial charge is 0.348 e. The lowest BCUT2D eigenvalue weighted by molar-refractivity contribution is 0.0606. The van der Waals surface area contributed by atoms with Crippen LogP contribution in [0.25, 0.3) is 0 Å². The van der Waals surface area contributed by atoms with Crippen molar-refractivity contribution >= 4 is 43.3 Å². The molecule has 1 aromatic heterocycles. The van der Waals surface area contributed by atoms with Crippen molar-refractivity contribution in [3.05, 3.63) is 14.7 Å². The van der Waals surface area contributed by atoms with Gasteiger partial charge in [-0.3, -0.25) is 5.84 Å². The van der Waals surface area contributed by atoms with Crippen molar-refractivity contribution in [1.82, 2.24) is 4.83 Å². The topological polar surface area (TPSA) is 98.5 Å². The molecule has 0 aliphatic carbocycles. The van der Waals surface area contributed by atoms with E-state index in [0.29, 0.717) is 3.79 Å². The fourth-order valence-corrected chi connectivity index (χ4v) is 3.91. The Balaban J connectivity index is 3.24. The number of hydrogen-bond donors (Lipinski definition) is 2. The summed E-state index contributed by atoms with van der Waals surface area (Å²) in [7, 11) is -2.55. The minimum Gasteiger partial charge on any atom is -0.465 e. The van der Waals surface area contributed by atoms with E-state index in [1.807, 2.05) is 0 Å². The molecule has 1 rings (SSSR count). The first-order valence-corrected chi connectivity index (χ1v) is 6.61. The van der Waals surface area contributed by atoms with E-state index < -0.39 is 16.0 Å². The molecule has 1 heterocycles. The van der Waals surface area contributed by atoms with Crippen LogP contribution in [0.1, 0.15) is 9.67 Å². The second-order valence-electron chi connectivity index (χ2n) is 2.36. The lowest BCUT2D eigenvalue weighted by Gasteiger charge is -1.97. The molecule has 0 atom stereocenters. The minimum absolute atomic E-state index is 0.0876. The average Bonchev–Trinajstić information content (AvgIpc) is 2.60. The molecule has 1 aromatic rings. The molecule has 3 N–H and O–H groups in total. The number of nitrogens with two attached hydrogens (primary N) is 1. The summed E-state index contributed by atoms with van der Waals surface area (Å²) in [5.41, 5.74) is 0. The summed E-state index contributed by atoms with van der Waals surface area (Å²) < 4.78 is 27.4. The Hall–Kier alpha value is -0.480. The Morgan fingerprint density at radius 3 is 2.73 bits per heavy atom. The van der Waals surface area contributed by atoms with Crippen molar-refractivity contribution in [3.63, 3.8) is 0 Å². The predicted octanol–water partition coefficient (Wildman–Crippen LogP) is 0.449. The fourth-order valence-electron chi connectivity index (χ4n) is 0.800. The number of carbonyl (C=O) groups excluding carboxylic acids is 1. The Bertz CT molecular complexity index is 481. The number of sulfonamides is 1. The normalized spacial score (nSPS) is 11.4. The van der Waals surface area contributed by atoms with Crippen LogP contribution in [0.15, 0.2) is 14.7 Å². The largest absolute Gasteiger partial charge is 0.465 e. The van der Waals surface area contributed by atoms with Gasteiger partial charge in [0.2, 0.25) is 0 Å². The monoisotopic (exact) mass is 314 g/mol. The van der Waals surface area contributed by atoms with Crippen molar-refractivity contribution in [1.29, 1.82) is 0 Å². The maximum atomic E-state index is 11.3. The summed E-state index contributed by atoms with van der Waals surface area (Å²) in [4.78, 5) is 12.9. The summed E-state index contributed by atoms with van der Waals surface area (Å²) in [6.45, 7) is 0. The van der Waals surface area contributed by atoms with E-state index in [2.05, 4.69) is 20.7 Å². The summed E-state index contributed by atoms with van der Waals surface area (Å²) in [6.07, 6.45) is 0. The van der Waals surface area contributed by atoms with Crippen LogP contribution < -0.4 is 10.7 Å². The van der Waals surface area contributed by atoms with Crippen LogP contribution >= 0.6 is 27.3 Å². The van der Waals surface area contributed by atoms with E-state index in [1.165, 1.54) is 13.2 Å². The van der Waals surface area contributed by atoms with Crippen molar-refractivity contribution in [2.24, 2.45) is 5.84 Å². The highest BCUT2D eigenvalue weighted by atomic mass is 79.9. The third kappa shape index (κ3) is 2.55. The molecule has 0 spiro atoms. The second-order valence-corrected chi connectivity index (χ2v) is 6.41. The summed E-state index contributed by atoms with van der Waals surface area (Å²) in [5.74, 6) is 4.26. The van der Waals surface area contributed by atoms with Gasteiger partial charge in [0, 0.05) is 0 Å². The maximum absolute atomic E-state index is 11.3. The van der Waals surface area contributed by atoms with Crippen molar-refractivity contribution in [2.45, 2.75) is 4.90 Å². The number of hydrazine groups is 1.